The Bertz CT molecular complexity index is 263. The van der Waals surface area contributed by atoms with Crippen LogP contribution < -0.4 is 0 Å². The monoisotopic (exact) mass is 216 g/mol. The van der Waals surface area contributed by atoms with Gasteiger partial charge in [-0.3, -0.25) is 10.1 Å². The van der Waals surface area contributed by atoms with Crippen LogP contribution in [0.4, 0.5) is 4.79 Å². The van der Waals surface area contributed by atoms with Crippen molar-refractivity contribution in [2.75, 3.05) is 6.54 Å². The zero-order valence-electron chi connectivity index (χ0n) is 9.82. The van der Waals surface area contributed by atoms with Crippen molar-refractivity contribution in [2.45, 2.75) is 51.8 Å². The van der Waals surface area contributed by atoms with E-state index in [4.69, 9.17) is 0 Å². The summed E-state index contributed by atoms with van der Waals surface area (Å²) in [7, 11) is 0. The van der Waals surface area contributed by atoms with Crippen LogP contribution in [0.3, 0.4) is 0 Å². The van der Waals surface area contributed by atoms with Crippen molar-refractivity contribution in [3.63, 3.8) is 0 Å². The van der Waals surface area contributed by atoms with Crippen LogP contribution in [0.15, 0.2) is 0 Å². The van der Waals surface area contributed by atoms with Gasteiger partial charge in [0.15, 0.2) is 5.72 Å². The van der Waals surface area contributed by atoms with Gasteiger partial charge in [-0.1, -0.05) is 13.3 Å². The number of nitrogens with zero attached hydrogens (tertiary/aromatic N) is 2. The molecule has 0 spiro atoms. The molecule has 5 heteroatoms. The van der Waals surface area contributed by atoms with E-state index < -0.39 is 17.3 Å². The molecule has 0 aromatic carbocycles. The number of aliphatic hydroxyl groups is 1. The van der Waals surface area contributed by atoms with Gasteiger partial charge in [0.1, 0.15) is 5.54 Å². The lowest BCUT2D eigenvalue weighted by Gasteiger charge is -2.37. The number of carbonyl (C=O) groups is 1. The van der Waals surface area contributed by atoms with E-state index in [2.05, 4.69) is 0 Å². The summed E-state index contributed by atoms with van der Waals surface area (Å²) in [4.78, 5) is 13.0. The van der Waals surface area contributed by atoms with Crippen molar-refractivity contribution in [1.82, 2.24) is 9.96 Å². The second kappa shape index (κ2) is 3.64. The Labute approximate surface area is 90.2 Å². The quantitative estimate of drug-likeness (QED) is 0.701. The Morgan fingerprint density at radius 2 is 1.87 bits per heavy atom. The van der Waals surface area contributed by atoms with Crippen LogP contribution in [0.25, 0.3) is 0 Å². The lowest BCUT2D eigenvalue weighted by atomic mass is 9.93. The average Bonchev–Trinajstić information content (AvgIpc) is 2.25. The maximum absolute atomic E-state index is 11.7. The van der Waals surface area contributed by atoms with Crippen LogP contribution in [-0.4, -0.2) is 44.1 Å². The van der Waals surface area contributed by atoms with Crippen LogP contribution in [0.5, 0.6) is 0 Å². The first kappa shape index (κ1) is 12.3. The van der Waals surface area contributed by atoms with Gasteiger partial charge in [-0.25, -0.2) is 4.79 Å². The summed E-state index contributed by atoms with van der Waals surface area (Å²) in [5, 5.41) is 20.5. The minimum atomic E-state index is -1.34. The summed E-state index contributed by atoms with van der Waals surface area (Å²) in [6.07, 6.45) is 1.75. The Hall–Kier alpha value is -0.810. The van der Waals surface area contributed by atoms with Crippen molar-refractivity contribution in [3.05, 3.63) is 0 Å². The first-order chi connectivity index (χ1) is 6.76. The topological polar surface area (TPSA) is 64.0 Å². The van der Waals surface area contributed by atoms with Gasteiger partial charge in [0, 0.05) is 6.54 Å². The first-order valence-electron chi connectivity index (χ1n) is 5.30. The van der Waals surface area contributed by atoms with Gasteiger partial charge >= 0.3 is 6.03 Å². The number of carbonyl (C=O) groups excluding carboxylic acids is 1. The van der Waals surface area contributed by atoms with E-state index in [0.717, 1.165) is 12.8 Å². The molecule has 1 saturated heterocycles. The summed E-state index contributed by atoms with van der Waals surface area (Å²) < 4.78 is 0. The molecule has 1 rings (SSSR count). The minimum absolute atomic E-state index is 0.461. The van der Waals surface area contributed by atoms with E-state index in [0.29, 0.717) is 11.6 Å². The Morgan fingerprint density at radius 3 is 2.20 bits per heavy atom. The van der Waals surface area contributed by atoms with E-state index in [-0.39, 0.29) is 0 Å². The molecule has 0 bridgehead atoms. The van der Waals surface area contributed by atoms with Crippen molar-refractivity contribution in [3.8, 4) is 0 Å². The average molecular weight is 216 g/mol. The molecule has 2 N–H and O–H groups in total. The van der Waals surface area contributed by atoms with Gasteiger partial charge < -0.3 is 5.11 Å². The third kappa shape index (κ3) is 1.59. The number of amides is 2. The molecular weight excluding hydrogens is 196 g/mol. The largest absolute Gasteiger partial charge is 0.369 e. The van der Waals surface area contributed by atoms with Crippen molar-refractivity contribution < 1.29 is 15.1 Å². The summed E-state index contributed by atoms with van der Waals surface area (Å²) in [6, 6.07) is -0.529. The number of urea groups is 1. The number of hydrogen-bond acceptors (Lipinski definition) is 3. The van der Waals surface area contributed by atoms with Crippen LogP contribution in [-0.2, 0) is 0 Å². The molecule has 5 nitrogen and oxygen atoms in total. The van der Waals surface area contributed by atoms with Gasteiger partial charge in [-0.2, -0.15) is 5.06 Å². The van der Waals surface area contributed by atoms with E-state index >= 15 is 0 Å². The van der Waals surface area contributed by atoms with Gasteiger partial charge in [0.2, 0.25) is 0 Å². The fourth-order valence-electron chi connectivity index (χ4n) is 1.70. The van der Waals surface area contributed by atoms with Gasteiger partial charge in [0.25, 0.3) is 0 Å². The fraction of sp³-hybridized carbons (Fsp3) is 0.900. The fourth-order valence-corrected chi connectivity index (χ4v) is 1.70. The molecule has 88 valence electrons. The molecule has 1 atom stereocenters. The molecule has 1 heterocycles. The third-order valence-electron chi connectivity index (χ3n) is 3.36. The van der Waals surface area contributed by atoms with Crippen LogP contribution in [0, 0.1) is 0 Å². The standard InChI is InChI=1S/C10H20N2O3/c1-5-6-7-11-8(13)12(15)9(2,3)10(11,4)14/h14-15H,5-7H2,1-4H3/t10-/m0/s1. The lowest BCUT2D eigenvalue weighted by Crippen LogP contribution is -2.55. The van der Waals surface area contributed by atoms with Crippen LogP contribution in [0.2, 0.25) is 0 Å². The van der Waals surface area contributed by atoms with Crippen molar-refractivity contribution in [1.29, 1.82) is 0 Å². The predicted molar refractivity (Wildman–Crippen MR) is 55.3 cm³/mol. The molecule has 1 aliphatic rings. The molecule has 0 saturated carbocycles. The molecule has 15 heavy (non-hydrogen) atoms. The maximum atomic E-state index is 11.7. The summed E-state index contributed by atoms with van der Waals surface area (Å²) >= 11 is 0. The molecule has 1 fully saturated rings. The number of unbranched alkanes of at least 4 members (excludes halogenated alkanes) is 1. The van der Waals surface area contributed by atoms with E-state index in [1.165, 1.54) is 4.90 Å². The van der Waals surface area contributed by atoms with Crippen LogP contribution in [0.1, 0.15) is 40.5 Å². The summed E-state index contributed by atoms with van der Waals surface area (Å²) in [5.74, 6) is 0. The van der Waals surface area contributed by atoms with Gasteiger partial charge in [0.05, 0.1) is 0 Å². The summed E-state index contributed by atoms with van der Waals surface area (Å²) in [6.45, 7) is 7.30. The second-order valence-corrected chi connectivity index (χ2v) is 4.68. The zero-order valence-corrected chi connectivity index (χ0v) is 9.82. The van der Waals surface area contributed by atoms with Crippen molar-refractivity contribution >= 4 is 6.03 Å². The van der Waals surface area contributed by atoms with E-state index in [9.17, 15) is 15.1 Å². The Balaban J connectivity index is 2.93. The molecule has 0 aromatic heterocycles. The number of hydroxylamine groups is 2. The Kier molecular flexibility index (Phi) is 2.98. The van der Waals surface area contributed by atoms with E-state index in [1.807, 2.05) is 6.92 Å². The molecular formula is C10H20N2O3. The first-order valence-corrected chi connectivity index (χ1v) is 5.30. The molecule has 0 aromatic rings. The molecule has 2 amide bonds. The van der Waals surface area contributed by atoms with Gasteiger partial charge in [-0.15, -0.1) is 0 Å². The predicted octanol–water partition coefficient (Wildman–Crippen LogP) is 1.40. The van der Waals surface area contributed by atoms with Crippen molar-refractivity contribution in [2.24, 2.45) is 0 Å². The SMILES string of the molecule is CCCCN1C(=O)N(O)C(C)(C)[C@]1(C)O. The summed E-state index contributed by atoms with van der Waals surface area (Å²) in [5.41, 5.74) is -2.33. The second-order valence-electron chi connectivity index (χ2n) is 4.68. The minimum Gasteiger partial charge on any atom is -0.369 e. The number of rotatable bonds is 3. The van der Waals surface area contributed by atoms with E-state index in [1.54, 1.807) is 20.8 Å². The van der Waals surface area contributed by atoms with Gasteiger partial charge in [-0.05, 0) is 27.2 Å². The Morgan fingerprint density at radius 1 is 1.33 bits per heavy atom. The zero-order chi connectivity index (χ0) is 11.9. The third-order valence-corrected chi connectivity index (χ3v) is 3.36. The smallest absolute Gasteiger partial charge is 0.346 e. The highest BCUT2D eigenvalue weighted by Gasteiger charge is 2.59. The normalized spacial score (nSPS) is 30.1. The number of hydrogen-bond donors (Lipinski definition) is 2. The van der Waals surface area contributed by atoms with Crippen LogP contribution >= 0.6 is 0 Å². The highest BCUT2D eigenvalue weighted by molar-refractivity contribution is 5.78. The molecule has 1 aliphatic heterocycles. The molecule has 0 aliphatic carbocycles. The maximum Gasteiger partial charge on any atom is 0.346 e. The molecule has 0 unspecified atom stereocenters. The lowest BCUT2D eigenvalue weighted by molar-refractivity contribution is -0.169. The molecule has 0 radical (unpaired) electrons. The highest BCUT2D eigenvalue weighted by atomic mass is 16.5. The highest BCUT2D eigenvalue weighted by Crippen LogP contribution is 2.38.